The highest BCUT2D eigenvalue weighted by Gasteiger charge is 2.35. The van der Waals surface area contributed by atoms with E-state index >= 15 is 0 Å². The maximum Gasteiger partial charge on any atom is 0.417 e. The Morgan fingerprint density at radius 2 is 1.79 bits per heavy atom. The van der Waals surface area contributed by atoms with Gasteiger partial charge in [0.05, 0.1) is 10.6 Å². The van der Waals surface area contributed by atoms with Gasteiger partial charge in [0.2, 0.25) is 0 Å². The van der Waals surface area contributed by atoms with Crippen molar-refractivity contribution < 1.29 is 13.2 Å². The van der Waals surface area contributed by atoms with Crippen molar-refractivity contribution in [2.45, 2.75) is 23.9 Å². The average molecular weight is 373 g/mol. The predicted octanol–water partition coefficient (Wildman–Crippen LogP) is 5.71. The van der Waals surface area contributed by atoms with Crippen molar-refractivity contribution in [1.82, 2.24) is 4.31 Å². The normalized spacial score (nSPS) is 15.8. The lowest BCUT2D eigenvalue weighted by Crippen LogP contribution is -2.09. The van der Waals surface area contributed by atoms with Crippen LogP contribution in [0.2, 0.25) is 5.02 Å². The number of benzene rings is 2. The Morgan fingerprint density at radius 1 is 1.08 bits per heavy atom. The molecule has 3 rings (SSSR count). The van der Waals surface area contributed by atoms with Gasteiger partial charge >= 0.3 is 6.18 Å². The summed E-state index contributed by atoms with van der Waals surface area (Å²) in [6.07, 6.45) is -2.23. The molecule has 0 unspecified atom stereocenters. The minimum Gasteiger partial charge on any atom is -0.399 e. The molecule has 1 saturated heterocycles. The second kappa shape index (κ2) is 6.86. The van der Waals surface area contributed by atoms with Crippen LogP contribution in [0.1, 0.15) is 18.4 Å². The van der Waals surface area contributed by atoms with Crippen LogP contribution in [-0.4, -0.2) is 17.4 Å². The first-order valence-corrected chi connectivity index (χ1v) is 8.69. The van der Waals surface area contributed by atoms with E-state index in [9.17, 15) is 13.2 Å². The van der Waals surface area contributed by atoms with Crippen LogP contribution in [-0.2, 0) is 6.18 Å². The number of hydrogen-bond acceptors (Lipinski definition) is 3. The van der Waals surface area contributed by atoms with E-state index in [-0.39, 0.29) is 16.3 Å². The second-order valence-electron chi connectivity index (χ2n) is 5.68. The molecule has 0 aliphatic carbocycles. The molecule has 1 fully saturated rings. The zero-order chi connectivity index (χ0) is 17.3. The van der Waals surface area contributed by atoms with Crippen molar-refractivity contribution in [2.75, 3.05) is 18.8 Å². The second-order valence-corrected chi connectivity index (χ2v) is 7.26. The molecule has 7 heteroatoms. The third-order valence-electron chi connectivity index (χ3n) is 3.84. The van der Waals surface area contributed by atoms with Gasteiger partial charge in [0.15, 0.2) is 0 Å². The maximum atomic E-state index is 13.4. The number of rotatable bonds is 3. The van der Waals surface area contributed by atoms with Crippen molar-refractivity contribution in [3.63, 3.8) is 0 Å². The highest BCUT2D eigenvalue weighted by Crippen LogP contribution is 2.43. The Labute approximate surface area is 147 Å². The number of nitrogens with two attached hydrogens (primary N) is 1. The van der Waals surface area contributed by atoms with Gasteiger partial charge in [-0.15, -0.1) is 0 Å². The molecule has 0 spiro atoms. The van der Waals surface area contributed by atoms with Crippen LogP contribution in [0, 0.1) is 0 Å². The summed E-state index contributed by atoms with van der Waals surface area (Å²) in [5, 5.41) is 0.00523. The quantitative estimate of drug-likeness (QED) is 0.552. The third kappa shape index (κ3) is 3.82. The van der Waals surface area contributed by atoms with E-state index in [2.05, 4.69) is 4.31 Å². The van der Waals surface area contributed by atoms with Gasteiger partial charge in [-0.2, -0.15) is 13.2 Å². The minimum atomic E-state index is -4.52. The van der Waals surface area contributed by atoms with Crippen LogP contribution in [0.25, 0.3) is 11.1 Å². The topological polar surface area (TPSA) is 29.3 Å². The standard InChI is InChI=1S/C17H16ClF3N2S/c18-15-10-12(22)9-14(17(19,20)21)16(15)11-4-3-5-13(8-11)24-23-6-1-2-7-23/h3-5,8-10H,1-2,6-7,22H2. The fraction of sp³-hybridized carbons (Fsp3) is 0.294. The van der Waals surface area contributed by atoms with E-state index < -0.39 is 11.7 Å². The van der Waals surface area contributed by atoms with Crippen molar-refractivity contribution in [2.24, 2.45) is 0 Å². The molecule has 2 N–H and O–H groups in total. The molecule has 1 aliphatic rings. The molecule has 0 bridgehead atoms. The lowest BCUT2D eigenvalue weighted by molar-refractivity contribution is -0.137. The van der Waals surface area contributed by atoms with Gasteiger partial charge in [0.25, 0.3) is 0 Å². The van der Waals surface area contributed by atoms with E-state index in [0.29, 0.717) is 5.56 Å². The zero-order valence-corrected chi connectivity index (χ0v) is 14.3. The molecular weight excluding hydrogens is 357 g/mol. The van der Waals surface area contributed by atoms with Crippen LogP contribution in [0.4, 0.5) is 18.9 Å². The number of hydrogen-bond donors (Lipinski definition) is 1. The molecule has 0 saturated carbocycles. The number of alkyl halides is 3. The lowest BCUT2D eigenvalue weighted by atomic mass is 9.98. The van der Waals surface area contributed by atoms with Crippen LogP contribution in [0.15, 0.2) is 41.3 Å². The van der Waals surface area contributed by atoms with Crippen molar-refractivity contribution in [1.29, 1.82) is 0 Å². The Morgan fingerprint density at radius 3 is 2.46 bits per heavy atom. The Balaban J connectivity index is 2.02. The summed E-state index contributed by atoms with van der Waals surface area (Å²) in [6.45, 7) is 1.98. The Hall–Kier alpha value is -1.37. The lowest BCUT2D eigenvalue weighted by Gasteiger charge is -2.17. The molecular formula is C17H16ClF3N2S. The summed E-state index contributed by atoms with van der Waals surface area (Å²) < 4.78 is 42.4. The fourth-order valence-corrected chi connectivity index (χ4v) is 4.18. The molecule has 1 aliphatic heterocycles. The number of nitrogens with zero attached hydrogens (tertiary/aromatic N) is 1. The summed E-state index contributed by atoms with van der Waals surface area (Å²) in [7, 11) is 0. The molecule has 0 amide bonds. The first kappa shape index (κ1) is 17.5. The van der Waals surface area contributed by atoms with E-state index in [4.69, 9.17) is 17.3 Å². The molecule has 2 nitrogen and oxygen atoms in total. The van der Waals surface area contributed by atoms with Gasteiger partial charge in [-0.25, -0.2) is 4.31 Å². The Bertz CT molecular complexity index is 743. The monoisotopic (exact) mass is 372 g/mol. The summed E-state index contributed by atoms with van der Waals surface area (Å²) in [6, 6.07) is 9.32. The summed E-state index contributed by atoms with van der Waals surface area (Å²) >= 11 is 7.67. The molecule has 128 valence electrons. The molecule has 0 radical (unpaired) electrons. The highest BCUT2D eigenvalue weighted by molar-refractivity contribution is 7.97. The van der Waals surface area contributed by atoms with Crippen LogP contribution >= 0.6 is 23.5 Å². The predicted molar refractivity (Wildman–Crippen MR) is 93.0 cm³/mol. The highest BCUT2D eigenvalue weighted by atomic mass is 35.5. The van der Waals surface area contributed by atoms with E-state index in [0.717, 1.165) is 36.9 Å². The van der Waals surface area contributed by atoms with Gasteiger partial charge in [-0.3, -0.25) is 0 Å². The number of halogens is 4. The first-order chi connectivity index (χ1) is 11.3. The number of anilines is 1. The number of nitrogen functional groups attached to an aromatic ring is 1. The summed E-state index contributed by atoms with van der Waals surface area (Å²) in [5.41, 5.74) is 5.15. The minimum absolute atomic E-state index is 0.00123. The summed E-state index contributed by atoms with van der Waals surface area (Å²) in [4.78, 5) is 0.899. The van der Waals surface area contributed by atoms with E-state index in [1.54, 1.807) is 30.1 Å². The smallest absolute Gasteiger partial charge is 0.399 e. The molecule has 0 aromatic heterocycles. The molecule has 0 atom stereocenters. The van der Waals surface area contributed by atoms with Crippen molar-refractivity contribution in [3.8, 4) is 11.1 Å². The third-order valence-corrected chi connectivity index (χ3v) is 5.23. The van der Waals surface area contributed by atoms with Gasteiger partial charge in [-0.1, -0.05) is 23.7 Å². The molecule has 24 heavy (non-hydrogen) atoms. The zero-order valence-electron chi connectivity index (χ0n) is 12.7. The van der Waals surface area contributed by atoms with Gasteiger partial charge in [-0.05, 0) is 54.6 Å². The van der Waals surface area contributed by atoms with Crippen LogP contribution in [0.3, 0.4) is 0 Å². The van der Waals surface area contributed by atoms with Crippen LogP contribution in [0.5, 0.6) is 0 Å². The summed E-state index contributed by atoms with van der Waals surface area (Å²) in [5.74, 6) is 0. The van der Waals surface area contributed by atoms with Crippen LogP contribution < -0.4 is 5.73 Å². The average Bonchev–Trinajstić information content (AvgIpc) is 2.98. The van der Waals surface area contributed by atoms with Gasteiger partial charge in [0.1, 0.15) is 0 Å². The maximum absolute atomic E-state index is 13.4. The van der Waals surface area contributed by atoms with Crippen molar-refractivity contribution in [3.05, 3.63) is 47.0 Å². The van der Waals surface area contributed by atoms with E-state index in [1.807, 2.05) is 6.07 Å². The molecule has 2 aromatic rings. The SMILES string of the molecule is Nc1cc(Cl)c(-c2cccc(SN3CCCC3)c2)c(C(F)(F)F)c1. The molecule has 2 aromatic carbocycles. The van der Waals surface area contributed by atoms with Crippen molar-refractivity contribution >= 4 is 29.2 Å². The van der Waals surface area contributed by atoms with Gasteiger partial charge < -0.3 is 5.73 Å². The fourth-order valence-electron chi connectivity index (χ4n) is 2.78. The largest absolute Gasteiger partial charge is 0.417 e. The Kier molecular flexibility index (Phi) is 4.99. The first-order valence-electron chi connectivity index (χ1n) is 7.54. The van der Waals surface area contributed by atoms with E-state index in [1.165, 1.54) is 6.07 Å². The van der Waals surface area contributed by atoms with Gasteiger partial charge in [0, 0.05) is 29.2 Å². The molecule has 1 heterocycles.